The van der Waals surface area contributed by atoms with E-state index in [1.54, 1.807) is 4.90 Å². The molecule has 0 aromatic heterocycles. The van der Waals surface area contributed by atoms with Gasteiger partial charge in [0.15, 0.2) is 5.78 Å². The number of ketones is 1. The minimum absolute atomic E-state index is 0.0872. The number of Topliss-reactive ketones (excluding diaryl/α,β-unsaturated/α-hetero) is 1. The Balaban J connectivity index is 2.01. The van der Waals surface area contributed by atoms with Crippen LogP contribution in [0.2, 0.25) is 0 Å². The van der Waals surface area contributed by atoms with Gasteiger partial charge in [0.05, 0.1) is 0 Å². The van der Waals surface area contributed by atoms with Gasteiger partial charge >= 0.3 is 6.09 Å². The number of piperidine rings is 2. The van der Waals surface area contributed by atoms with Crippen LogP contribution in [0.15, 0.2) is 0 Å². The van der Waals surface area contributed by atoms with Crippen molar-refractivity contribution in [3.05, 3.63) is 0 Å². The Hall–Kier alpha value is -1.06. The zero-order chi connectivity index (χ0) is 9.87. The van der Waals surface area contributed by atoms with Gasteiger partial charge < -0.3 is 4.74 Å². The fourth-order valence-corrected chi connectivity index (χ4v) is 3.13. The maximum absolute atomic E-state index is 11.7. The summed E-state index contributed by atoms with van der Waals surface area (Å²) in [5.74, 6) is 0.862. The van der Waals surface area contributed by atoms with Crippen LogP contribution < -0.4 is 0 Å². The molecule has 0 radical (unpaired) electrons. The summed E-state index contributed by atoms with van der Waals surface area (Å²) in [5.41, 5.74) is 0. The minimum Gasteiger partial charge on any atom is -0.446 e. The Bertz CT molecular complexity index is 312. The number of hydrogen-bond acceptors (Lipinski definition) is 3. The lowest BCUT2D eigenvalue weighted by Crippen LogP contribution is -2.66. The van der Waals surface area contributed by atoms with E-state index >= 15 is 0 Å². The number of cyclic esters (lactones) is 1. The van der Waals surface area contributed by atoms with Gasteiger partial charge in [0.1, 0.15) is 12.1 Å². The molecule has 3 saturated heterocycles. The molecule has 0 spiro atoms. The standard InChI is InChI=1S/C10H13NO3/c1-5-7-2-6-3-8(12)9(7)11(4-6)10(13)14-5/h5-7,9H,2-4H2,1H3/t5-,6+,7+,9+/m0/s1. The van der Waals surface area contributed by atoms with Gasteiger partial charge in [0.2, 0.25) is 0 Å². The first kappa shape index (κ1) is 8.26. The molecule has 4 rings (SSSR count). The molecular formula is C10H13NO3. The van der Waals surface area contributed by atoms with Crippen LogP contribution in [0.3, 0.4) is 0 Å². The van der Waals surface area contributed by atoms with E-state index in [2.05, 4.69) is 0 Å². The Kier molecular flexibility index (Phi) is 1.47. The molecule has 1 saturated carbocycles. The van der Waals surface area contributed by atoms with Gasteiger partial charge in [-0.25, -0.2) is 4.79 Å². The molecule has 4 fully saturated rings. The number of carbonyl (C=O) groups excluding carboxylic acids is 2. The molecule has 0 aromatic carbocycles. The molecule has 3 aliphatic heterocycles. The van der Waals surface area contributed by atoms with Crippen molar-refractivity contribution in [2.24, 2.45) is 11.8 Å². The number of rotatable bonds is 0. The summed E-state index contributed by atoms with van der Waals surface area (Å²) in [4.78, 5) is 24.8. The van der Waals surface area contributed by atoms with Gasteiger partial charge in [-0.3, -0.25) is 9.69 Å². The maximum Gasteiger partial charge on any atom is 0.410 e. The van der Waals surface area contributed by atoms with E-state index in [0.717, 1.165) is 13.0 Å². The number of fused-ring (bicyclic) bond motifs is 1. The van der Waals surface area contributed by atoms with Crippen LogP contribution >= 0.6 is 0 Å². The molecule has 0 aromatic rings. The van der Waals surface area contributed by atoms with Crippen molar-refractivity contribution in [3.63, 3.8) is 0 Å². The predicted octanol–water partition coefficient (Wildman–Crippen LogP) is 0.805. The highest BCUT2D eigenvalue weighted by atomic mass is 16.6. The third-order valence-corrected chi connectivity index (χ3v) is 3.75. The fourth-order valence-electron chi connectivity index (χ4n) is 3.13. The molecular weight excluding hydrogens is 182 g/mol. The highest BCUT2D eigenvalue weighted by Crippen LogP contribution is 2.42. The zero-order valence-electron chi connectivity index (χ0n) is 8.10. The molecule has 0 N–H and O–H groups in total. The van der Waals surface area contributed by atoms with Crippen molar-refractivity contribution in [2.75, 3.05) is 6.54 Å². The lowest BCUT2D eigenvalue weighted by atomic mass is 9.69. The molecule has 4 nitrogen and oxygen atoms in total. The summed E-state index contributed by atoms with van der Waals surface area (Å²) in [6.45, 7) is 2.62. The number of amides is 1. The number of nitrogens with zero attached hydrogens (tertiary/aromatic N) is 1. The highest BCUT2D eigenvalue weighted by molar-refractivity contribution is 5.90. The Morgan fingerprint density at radius 3 is 2.93 bits per heavy atom. The van der Waals surface area contributed by atoms with Gasteiger partial charge in [0.25, 0.3) is 0 Å². The summed E-state index contributed by atoms with van der Waals surface area (Å²) in [6, 6.07) is -0.170. The van der Waals surface area contributed by atoms with Gasteiger partial charge in [-0.2, -0.15) is 0 Å². The second kappa shape index (κ2) is 2.49. The monoisotopic (exact) mass is 195 g/mol. The molecule has 4 aliphatic rings. The van der Waals surface area contributed by atoms with Crippen molar-refractivity contribution >= 4 is 11.9 Å². The van der Waals surface area contributed by atoms with Crippen LogP contribution in [0.4, 0.5) is 4.79 Å². The van der Waals surface area contributed by atoms with E-state index in [0.29, 0.717) is 12.3 Å². The van der Waals surface area contributed by atoms with E-state index in [4.69, 9.17) is 4.74 Å². The van der Waals surface area contributed by atoms with E-state index in [9.17, 15) is 9.59 Å². The third kappa shape index (κ3) is 0.885. The minimum atomic E-state index is -0.295. The van der Waals surface area contributed by atoms with Crippen LogP contribution in [0.25, 0.3) is 0 Å². The molecule has 3 heterocycles. The SMILES string of the molecule is C[C@@H]1OC(=O)N2C[C@H]3CC(=O)[C@H]2[C@@H]1C3. The van der Waals surface area contributed by atoms with Crippen LogP contribution in [0.1, 0.15) is 19.8 Å². The topological polar surface area (TPSA) is 46.6 Å². The number of ether oxygens (including phenoxy) is 1. The van der Waals surface area contributed by atoms with Gasteiger partial charge in [-0.15, -0.1) is 0 Å². The Morgan fingerprint density at radius 2 is 2.21 bits per heavy atom. The van der Waals surface area contributed by atoms with Gasteiger partial charge in [0, 0.05) is 18.9 Å². The normalized spacial score (nSPS) is 45.4. The van der Waals surface area contributed by atoms with Crippen LogP contribution in [-0.2, 0) is 9.53 Å². The van der Waals surface area contributed by atoms with Crippen LogP contribution in [-0.4, -0.2) is 35.5 Å². The van der Waals surface area contributed by atoms with Crippen molar-refractivity contribution in [1.29, 1.82) is 0 Å². The third-order valence-electron chi connectivity index (χ3n) is 3.75. The molecule has 1 amide bonds. The zero-order valence-corrected chi connectivity index (χ0v) is 8.10. The van der Waals surface area contributed by atoms with E-state index in [-0.39, 0.29) is 29.9 Å². The largest absolute Gasteiger partial charge is 0.446 e. The molecule has 4 heteroatoms. The summed E-state index contributed by atoms with van der Waals surface area (Å²) in [5, 5.41) is 0. The highest BCUT2D eigenvalue weighted by Gasteiger charge is 2.54. The average molecular weight is 195 g/mol. The van der Waals surface area contributed by atoms with E-state index in [1.165, 1.54) is 0 Å². The Labute approximate surface area is 82.2 Å². The van der Waals surface area contributed by atoms with Gasteiger partial charge in [-0.05, 0) is 19.3 Å². The molecule has 76 valence electrons. The van der Waals surface area contributed by atoms with Crippen molar-refractivity contribution in [1.82, 2.24) is 4.90 Å². The van der Waals surface area contributed by atoms with Crippen molar-refractivity contribution in [3.8, 4) is 0 Å². The van der Waals surface area contributed by atoms with Crippen LogP contribution in [0.5, 0.6) is 0 Å². The number of carbonyl (C=O) groups is 2. The van der Waals surface area contributed by atoms with Gasteiger partial charge in [-0.1, -0.05) is 0 Å². The Morgan fingerprint density at radius 1 is 1.43 bits per heavy atom. The second-order valence-electron chi connectivity index (χ2n) is 4.62. The molecule has 1 aliphatic carbocycles. The summed E-state index contributed by atoms with van der Waals surface area (Å²) >= 11 is 0. The average Bonchev–Trinajstić information content (AvgIpc) is 2.14. The lowest BCUT2D eigenvalue weighted by Gasteiger charge is -2.52. The first-order valence-electron chi connectivity index (χ1n) is 5.17. The van der Waals surface area contributed by atoms with Crippen molar-refractivity contribution in [2.45, 2.75) is 31.9 Å². The quantitative estimate of drug-likeness (QED) is 0.574. The number of hydrogen-bond donors (Lipinski definition) is 0. The smallest absolute Gasteiger partial charge is 0.410 e. The molecule has 4 atom stereocenters. The van der Waals surface area contributed by atoms with E-state index < -0.39 is 0 Å². The van der Waals surface area contributed by atoms with E-state index in [1.807, 2.05) is 6.92 Å². The fraction of sp³-hybridized carbons (Fsp3) is 0.800. The molecule has 4 bridgehead atoms. The van der Waals surface area contributed by atoms with Crippen molar-refractivity contribution < 1.29 is 14.3 Å². The summed E-state index contributed by atoms with van der Waals surface area (Å²) in [7, 11) is 0. The van der Waals surface area contributed by atoms with Crippen LogP contribution in [0, 0.1) is 11.8 Å². The molecule has 14 heavy (non-hydrogen) atoms. The predicted molar refractivity (Wildman–Crippen MR) is 47.7 cm³/mol. The molecule has 0 unspecified atom stereocenters. The summed E-state index contributed by atoms with van der Waals surface area (Å²) in [6.07, 6.45) is 1.33. The summed E-state index contributed by atoms with van der Waals surface area (Å²) < 4.78 is 5.19. The first-order chi connectivity index (χ1) is 6.66. The first-order valence-corrected chi connectivity index (χ1v) is 5.17. The maximum atomic E-state index is 11.7. The lowest BCUT2D eigenvalue weighted by molar-refractivity contribution is -0.149. The second-order valence-corrected chi connectivity index (χ2v) is 4.62.